The van der Waals surface area contributed by atoms with Crippen molar-refractivity contribution in [3.05, 3.63) is 32.0 Å². The standard InChI is InChI=1S/C19H23Cl2N5O5S/c1-4-31-18(29)15-14(16(22)27)25-19(32-15)26-6-5-9(10(7-26)30-3)24-17(28)13-12(21)11(20)8(2)23-13/h9-10,23H,4-7H2,1-3H3,(H2,22,27)(H,24,28)/t9-,10+/m1/s1. The number of carbonyl (C=O) groups excluding carboxylic acids is 3. The summed E-state index contributed by atoms with van der Waals surface area (Å²) in [6.07, 6.45) is 0.139. The highest BCUT2D eigenvalue weighted by atomic mass is 35.5. The Morgan fingerprint density at radius 1 is 1.34 bits per heavy atom. The Morgan fingerprint density at radius 3 is 2.62 bits per heavy atom. The molecule has 13 heteroatoms. The second-order valence-electron chi connectivity index (χ2n) is 7.10. The van der Waals surface area contributed by atoms with Gasteiger partial charge in [0.1, 0.15) is 10.6 Å². The zero-order valence-electron chi connectivity index (χ0n) is 17.7. The van der Waals surface area contributed by atoms with E-state index in [-0.39, 0.29) is 45.9 Å². The van der Waals surface area contributed by atoms with Gasteiger partial charge in [-0.2, -0.15) is 0 Å². The number of methoxy groups -OCH3 is 1. The van der Waals surface area contributed by atoms with Crippen molar-refractivity contribution in [1.29, 1.82) is 0 Å². The van der Waals surface area contributed by atoms with E-state index in [1.165, 1.54) is 7.11 Å². The van der Waals surface area contributed by atoms with E-state index in [0.29, 0.717) is 35.4 Å². The number of nitrogens with zero attached hydrogens (tertiary/aromatic N) is 2. The molecule has 10 nitrogen and oxygen atoms in total. The predicted octanol–water partition coefficient (Wildman–Crippen LogP) is 2.39. The molecule has 1 aliphatic heterocycles. The summed E-state index contributed by atoms with van der Waals surface area (Å²) in [6, 6.07) is -0.303. The Labute approximate surface area is 198 Å². The third kappa shape index (κ3) is 4.85. The molecule has 0 aliphatic carbocycles. The van der Waals surface area contributed by atoms with Gasteiger partial charge in [-0.25, -0.2) is 9.78 Å². The second kappa shape index (κ2) is 10.1. The third-order valence-corrected chi connectivity index (χ3v) is 7.08. The van der Waals surface area contributed by atoms with Crippen molar-refractivity contribution in [3.63, 3.8) is 0 Å². The number of esters is 1. The number of carbonyl (C=O) groups is 3. The molecule has 0 unspecified atom stereocenters. The number of aryl methyl sites for hydroxylation is 1. The topological polar surface area (TPSA) is 140 Å². The minimum atomic E-state index is -0.808. The van der Waals surface area contributed by atoms with Gasteiger partial charge >= 0.3 is 5.97 Å². The summed E-state index contributed by atoms with van der Waals surface area (Å²) in [7, 11) is 1.54. The molecule has 1 fully saturated rings. The molecular weight excluding hydrogens is 481 g/mol. The van der Waals surface area contributed by atoms with E-state index in [4.69, 9.17) is 38.4 Å². The summed E-state index contributed by atoms with van der Waals surface area (Å²) in [5.74, 6) is -1.84. The maximum atomic E-state index is 12.7. The number of ether oxygens (including phenoxy) is 2. The number of aromatic amines is 1. The highest BCUT2D eigenvalue weighted by molar-refractivity contribution is 7.17. The van der Waals surface area contributed by atoms with Gasteiger partial charge in [0.15, 0.2) is 10.8 Å². The first-order valence-corrected chi connectivity index (χ1v) is 11.3. The summed E-state index contributed by atoms with van der Waals surface area (Å²) < 4.78 is 10.6. The fraction of sp³-hybridized carbons (Fsp3) is 0.474. The number of rotatable bonds is 7. The van der Waals surface area contributed by atoms with Crippen molar-refractivity contribution in [3.8, 4) is 0 Å². The van der Waals surface area contributed by atoms with E-state index in [1.807, 2.05) is 4.90 Å². The normalized spacial score (nSPS) is 18.5. The quantitative estimate of drug-likeness (QED) is 0.492. The average molecular weight is 504 g/mol. The summed E-state index contributed by atoms with van der Waals surface area (Å²) in [6.45, 7) is 4.42. The second-order valence-corrected chi connectivity index (χ2v) is 8.83. The summed E-state index contributed by atoms with van der Waals surface area (Å²) in [5, 5.41) is 3.85. The Kier molecular flexibility index (Phi) is 7.65. The fourth-order valence-corrected chi connectivity index (χ4v) is 4.83. The van der Waals surface area contributed by atoms with Gasteiger partial charge in [-0.3, -0.25) is 9.59 Å². The van der Waals surface area contributed by atoms with Crippen LogP contribution < -0.4 is 16.0 Å². The van der Waals surface area contributed by atoms with Crippen molar-refractivity contribution >= 4 is 57.5 Å². The van der Waals surface area contributed by atoms with Crippen LogP contribution in [-0.4, -0.2) is 66.7 Å². The molecule has 0 radical (unpaired) electrons. The van der Waals surface area contributed by atoms with Crippen molar-refractivity contribution in [2.75, 3.05) is 31.7 Å². The molecule has 2 aromatic heterocycles. The molecule has 0 bridgehead atoms. The van der Waals surface area contributed by atoms with Crippen LogP contribution >= 0.6 is 34.5 Å². The number of piperidine rings is 1. The Balaban J connectivity index is 1.75. The number of nitrogens with one attached hydrogen (secondary N) is 2. The van der Waals surface area contributed by atoms with Crippen LogP contribution in [0.25, 0.3) is 0 Å². The first-order chi connectivity index (χ1) is 15.2. The Morgan fingerprint density at radius 2 is 2.06 bits per heavy atom. The maximum absolute atomic E-state index is 12.7. The molecule has 3 heterocycles. The van der Waals surface area contributed by atoms with Gasteiger partial charge in [0, 0.05) is 25.9 Å². The summed E-state index contributed by atoms with van der Waals surface area (Å²) in [5.41, 5.74) is 6.06. The highest BCUT2D eigenvalue weighted by Gasteiger charge is 2.34. The zero-order chi connectivity index (χ0) is 23.6. The van der Waals surface area contributed by atoms with Crippen LogP contribution in [0.3, 0.4) is 0 Å². The van der Waals surface area contributed by atoms with Crippen molar-refractivity contribution in [2.24, 2.45) is 5.73 Å². The van der Waals surface area contributed by atoms with Crippen LogP contribution in [0.2, 0.25) is 10.0 Å². The van der Waals surface area contributed by atoms with Crippen LogP contribution in [0.1, 0.15) is 49.7 Å². The number of hydrogen-bond acceptors (Lipinski definition) is 8. The number of primary amides is 1. The number of H-pyrrole nitrogens is 1. The molecular formula is C19H23Cl2N5O5S. The van der Waals surface area contributed by atoms with Crippen LogP contribution in [0.5, 0.6) is 0 Å². The number of hydrogen-bond donors (Lipinski definition) is 3. The lowest BCUT2D eigenvalue weighted by Gasteiger charge is -2.37. The lowest BCUT2D eigenvalue weighted by atomic mass is 10.0. The van der Waals surface area contributed by atoms with Gasteiger partial charge in [0.25, 0.3) is 11.8 Å². The van der Waals surface area contributed by atoms with Gasteiger partial charge in [0.2, 0.25) is 0 Å². The van der Waals surface area contributed by atoms with Gasteiger partial charge in [-0.15, -0.1) is 0 Å². The molecule has 4 N–H and O–H groups in total. The summed E-state index contributed by atoms with van der Waals surface area (Å²) >= 11 is 13.2. The lowest BCUT2D eigenvalue weighted by Crippen LogP contribution is -2.55. The maximum Gasteiger partial charge on any atom is 0.350 e. The smallest absolute Gasteiger partial charge is 0.350 e. The monoisotopic (exact) mass is 503 g/mol. The molecule has 1 saturated heterocycles. The molecule has 2 amide bonds. The van der Waals surface area contributed by atoms with Crippen LogP contribution in [0.15, 0.2) is 0 Å². The molecule has 32 heavy (non-hydrogen) atoms. The van der Waals surface area contributed by atoms with E-state index in [2.05, 4.69) is 15.3 Å². The Hall–Kier alpha value is -2.34. The van der Waals surface area contributed by atoms with Gasteiger partial charge < -0.3 is 30.4 Å². The molecule has 0 saturated carbocycles. The molecule has 2 atom stereocenters. The number of nitrogens with two attached hydrogens (primary N) is 1. The van der Waals surface area contributed by atoms with Crippen LogP contribution in [0.4, 0.5) is 5.13 Å². The highest BCUT2D eigenvalue weighted by Crippen LogP contribution is 2.31. The SMILES string of the molecule is CCOC(=O)c1sc(N2CC[C@@H](NC(=O)c3[nH]c(C)c(Cl)c3Cl)[C@@H](OC)C2)nc1C(N)=O. The van der Waals surface area contributed by atoms with Crippen LogP contribution in [0, 0.1) is 6.92 Å². The van der Waals surface area contributed by atoms with Crippen molar-refractivity contribution < 1.29 is 23.9 Å². The van der Waals surface area contributed by atoms with Crippen LogP contribution in [-0.2, 0) is 9.47 Å². The molecule has 3 rings (SSSR count). The van der Waals surface area contributed by atoms with E-state index >= 15 is 0 Å². The fourth-order valence-electron chi connectivity index (χ4n) is 3.41. The van der Waals surface area contributed by atoms with E-state index in [1.54, 1.807) is 13.8 Å². The van der Waals surface area contributed by atoms with E-state index in [0.717, 1.165) is 11.3 Å². The molecule has 0 spiro atoms. The first-order valence-electron chi connectivity index (χ1n) is 9.77. The first kappa shape index (κ1) is 24.3. The minimum absolute atomic E-state index is 0.0624. The Bertz CT molecular complexity index is 1040. The van der Waals surface area contributed by atoms with Gasteiger partial charge in [-0.05, 0) is 20.3 Å². The number of halogens is 2. The van der Waals surface area contributed by atoms with Crippen molar-refractivity contribution in [2.45, 2.75) is 32.4 Å². The minimum Gasteiger partial charge on any atom is -0.462 e. The number of aromatic nitrogens is 2. The predicted molar refractivity (Wildman–Crippen MR) is 121 cm³/mol. The van der Waals surface area contributed by atoms with E-state index in [9.17, 15) is 14.4 Å². The molecule has 174 valence electrons. The zero-order valence-corrected chi connectivity index (χ0v) is 20.0. The number of amides is 2. The number of anilines is 1. The average Bonchev–Trinajstić information content (AvgIpc) is 3.32. The molecule has 0 aromatic carbocycles. The van der Waals surface area contributed by atoms with E-state index < -0.39 is 11.9 Å². The summed E-state index contributed by atoms with van der Waals surface area (Å²) in [4.78, 5) is 45.7. The lowest BCUT2D eigenvalue weighted by molar-refractivity contribution is 0.0528. The number of thiazole rings is 1. The van der Waals surface area contributed by atoms with Gasteiger partial charge in [0.05, 0.1) is 28.8 Å². The molecule has 2 aromatic rings. The van der Waals surface area contributed by atoms with Gasteiger partial charge in [-0.1, -0.05) is 34.5 Å². The van der Waals surface area contributed by atoms with Crippen molar-refractivity contribution in [1.82, 2.24) is 15.3 Å². The largest absolute Gasteiger partial charge is 0.462 e. The molecule has 1 aliphatic rings. The third-order valence-electron chi connectivity index (χ3n) is 5.04.